The fraction of sp³-hybridized carbons (Fsp3) is 0.179. The third-order valence-corrected chi connectivity index (χ3v) is 6.99. The summed E-state index contributed by atoms with van der Waals surface area (Å²) in [6.07, 6.45) is 3.87. The van der Waals surface area contributed by atoms with Crippen LogP contribution >= 0.6 is 23.2 Å². The number of nitrogens with one attached hydrogen (secondary N) is 1. The molecule has 2 N–H and O–H groups in total. The Kier molecular flexibility index (Phi) is 7.13. The molecule has 2 heterocycles. The Morgan fingerprint density at radius 3 is 2.35 bits per heavy atom. The lowest BCUT2D eigenvalue weighted by atomic mass is 9.91. The highest BCUT2D eigenvalue weighted by Crippen LogP contribution is 2.33. The summed E-state index contributed by atoms with van der Waals surface area (Å²) < 4.78 is 0. The topological polar surface area (TPSA) is 90.0 Å². The molecule has 0 aliphatic carbocycles. The highest BCUT2D eigenvalue weighted by Gasteiger charge is 2.48. The maximum absolute atomic E-state index is 13.3. The maximum atomic E-state index is 13.3. The van der Waals surface area contributed by atoms with Gasteiger partial charge < -0.3 is 14.9 Å². The molecule has 2 amide bonds. The lowest BCUT2D eigenvalue weighted by Crippen LogP contribution is -2.72. The first-order chi connectivity index (χ1) is 17.9. The van der Waals surface area contributed by atoms with E-state index in [0.717, 1.165) is 5.56 Å². The standard InChI is InChI=1S/C28H23Cl2N3O4/c29-18-7-10-21(11-8-18)33-24(12-6-17-4-2-1-3-5-17)25(27(33)36)31-20(16-34)15-32-23-13-9-19(30)14-22(23)26(35)28(32)37/h1-14,20,24-25,31,34H,15-16H2/b12-6+/t20?,24-,25+/m1/s1. The molecule has 7 nitrogen and oxygen atoms in total. The molecule has 1 saturated heterocycles. The first-order valence-corrected chi connectivity index (χ1v) is 12.5. The van der Waals surface area contributed by atoms with E-state index in [2.05, 4.69) is 5.32 Å². The summed E-state index contributed by atoms with van der Waals surface area (Å²) in [6.45, 7) is -0.337. The largest absolute Gasteiger partial charge is 0.395 e. The lowest BCUT2D eigenvalue weighted by molar-refractivity contribution is -0.126. The van der Waals surface area contributed by atoms with Crippen molar-refractivity contribution >= 4 is 58.3 Å². The second-order valence-corrected chi connectivity index (χ2v) is 9.75. The number of rotatable bonds is 8. The Morgan fingerprint density at radius 1 is 0.946 bits per heavy atom. The molecule has 5 rings (SSSR count). The van der Waals surface area contributed by atoms with Gasteiger partial charge in [-0.3, -0.25) is 19.7 Å². The van der Waals surface area contributed by atoms with Gasteiger partial charge in [0, 0.05) is 28.3 Å². The van der Waals surface area contributed by atoms with Gasteiger partial charge in [-0.05, 0) is 48.0 Å². The van der Waals surface area contributed by atoms with Crippen LogP contribution in [0.3, 0.4) is 0 Å². The van der Waals surface area contributed by atoms with Crippen LogP contribution < -0.4 is 15.1 Å². The monoisotopic (exact) mass is 535 g/mol. The molecule has 3 aromatic carbocycles. The molecule has 37 heavy (non-hydrogen) atoms. The number of hydrogen-bond donors (Lipinski definition) is 2. The number of halogens is 2. The predicted molar refractivity (Wildman–Crippen MR) is 144 cm³/mol. The van der Waals surface area contributed by atoms with Crippen LogP contribution in [0.15, 0.2) is 78.9 Å². The maximum Gasteiger partial charge on any atom is 0.299 e. The zero-order chi connectivity index (χ0) is 26.1. The molecule has 188 valence electrons. The van der Waals surface area contributed by atoms with Gasteiger partial charge in [0.25, 0.3) is 11.7 Å². The molecular weight excluding hydrogens is 513 g/mol. The van der Waals surface area contributed by atoms with E-state index in [0.29, 0.717) is 21.4 Å². The average molecular weight is 536 g/mol. The molecule has 9 heteroatoms. The summed E-state index contributed by atoms with van der Waals surface area (Å²) in [5.41, 5.74) is 2.34. The molecular formula is C28H23Cl2N3O4. The molecule has 1 fully saturated rings. The van der Waals surface area contributed by atoms with Crippen LogP contribution in [0.2, 0.25) is 10.0 Å². The number of Topliss-reactive ketones (excluding diaryl/α,β-unsaturated/α-hetero) is 1. The Hall–Kier alpha value is -3.49. The van der Waals surface area contributed by atoms with Gasteiger partial charge in [-0.15, -0.1) is 0 Å². The zero-order valence-corrected chi connectivity index (χ0v) is 21.1. The van der Waals surface area contributed by atoms with Gasteiger partial charge >= 0.3 is 0 Å². The molecule has 2 aliphatic heterocycles. The number of β-lactam (4-membered cyclic amide) rings is 1. The highest BCUT2D eigenvalue weighted by atomic mass is 35.5. The number of aliphatic hydroxyl groups excluding tert-OH is 1. The van der Waals surface area contributed by atoms with Gasteiger partial charge in [0.2, 0.25) is 5.91 Å². The number of hydrogen-bond acceptors (Lipinski definition) is 5. The van der Waals surface area contributed by atoms with E-state index in [1.165, 1.54) is 11.0 Å². The minimum Gasteiger partial charge on any atom is -0.395 e. The minimum atomic E-state index is -0.694. The fourth-order valence-electron chi connectivity index (χ4n) is 4.64. The Bertz CT molecular complexity index is 1380. The summed E-state index contributed by atoms with van der Waals surface area (Å²) >= 11 is 12.0. The van der Waals surface area contributed by atoms with Gasteiger partial charge in [-0.1, -0.05) is 65.7 Å². The number of carbonyl (C=O) groups excluding carboxylic acids is 3. The van der Waals surface area contributed by atoms with E-state index in [9.17, 15) is 19.5 Å². The molecule has 2 aliphatic rings. The zero-order valence-electron chi connectivity index (χ0n) is 19.6. The molecule has 0 spiro atoms. The van der Waals surface area contributed by atoms with Gasteiger partial charge in [0.15, 0.2) is 0 Å². The van der Waals surface area contributed by atoms with Crippen LogP contribution in [-0.4, -0.2) is 54.0 Å². The summed E-state index contributed by atoms with van der Waals surface area (Å²) in [4.78, 5) is 41.4. The molecule has 0 bridgehead atoms. The second kappa shape index (κ2) is 10.5. The van der Waals surface area contributed by atoms with Crippen LogP contribution in [0.5, 0.6) is 0 Å². The number of benzene rings is 3. The SMILES string of the molecule is O=C1C(=O)N(CC(CO)N[C@@H]2C(=O)N(c3ccc(Cl)cc3)[C@@H]2/C=C/c2ccccc2)c2ccc(Cl)cc21. The molecule has 0 saturated carbocycles. The van der Waals surface area contributed by atoms with E-state index in [4.69, 9.17) is 23.2 Å². The van der Waals surface area contributed by atoms with Crippen molar-refractivity contribution in [3.63, 3.8) is 0 Å². The van der Waals surface area contributed by atoms with Gasteiger partial charge in [0.05, 0.1) is 23.9 Å². The third kappa shape index (κ3) is 4.91. The van der Waals surface area contributed by atoms with E-state index in [1.54, 1.807) is 41.3 Å². The predicted octanol–water partition coefficient (Wildman–Crippen LogP) is 3.97. The number of fused-ring (bicyclic) bond motifs is 1. The fourth-order valence-corrected chi connectivity index (χ4v) is 4.94. The van der Waals surface area contributed by atoms with Crippen molar-refractivity contribution in [1.29, 1.82) is 0 Å². The van der Waals surface area contributed by atoms with Crippen LogP contribution in [0.1, 0.15) is 15.9 Å². The quantitative estimate of drug-likeness (QED) is 0.336. The van der Waals surface area contributed by atoms with Crippen LogP contribution in [-0.2, 0) is 9.59 Å². The van der Waals surface area contributed by atoms with Crippen LogP contribution in [0.25, 0.3) is 6.08 Å². The normalized spacial score (nSPS) is 19.9. The third-order valence-electron chi connectivity index (χ3n) is 6.51. The highest BCUT2D eigenvalue weighted by molar-refractivity contribution is 6.52. The van der Waals surface area contributed by atoms with E-state index < -0.39 is 23.8 Å². The molecule has 0 aromatic heterocycles. The number of ketones is 1. The molecule has 0 radical (unpaired) electrons. The second-order valence-electron chi connectivity index (χ2n) is 8.88. The molecule has 3 atom stereocenters. The Labute approximate surface area is 223 Å². The number of amides is 2. The Morgan fingerprint density at radius 2 is 1.65 bits per heavy atom. The van der Waals surface area contributed by atoms with Crippen molar-refractivity contribution in [2.75, 3.05) is 23.0 Å². The summed E-state index contributed by atoms with van der Waals surface area (Å²) in [5.74, 6) is -1.52. The molecule has 3 aromatic rings. The van der Waals surface area contributed by atoms with Gasteiger partial charge in [-0.25, -0.2) is 0 Å². The van der Waals surface area contributed by atoms with Crippen molar-refractivity contribution in [3.8, 4) is 0 Å². The van der Waals surface area contributed by atoms with Crippen molar-refractivity contribution in [1.82, 2.24) is 5.32 Å². The Balaban J connectivity index is 1.38. The van der Waals surface area contributed by atoms with E-state index >= 15 is 0 Å². The van der Waals surface area contributed by atoms with Gasteiger partial charge in [-0.2, -0.15) is 0 Å². The summed E-state index contributed by atoms with van der Waals surface area (Å²) in [7, 11) is 0. The summed E-state index contributed by atoms with van der Waals surface area (Å²) in [5, 5.41) is 14.3. The number of nitrogens with zero attached hydrogens (tertiary/aromatic N) is 2. The van der Waals surface area contributed by atoms with Crippen molar-refractivity contribution in [2.45, 2.75) is 18.1 Å². The van der Waals surface area contributed by atoms with Crippen molar-refractivity contribution in [2.24, 2.45) is 0 Å². The first-order valence-electron chi connectivity index (χ1n) is 11.7. The summed E-state index contributed by atoms with van der Waals surface area (Å²) in [6, 6.07) is 19.7. The minimum absolute atomic E-state index is 0.00947. The van der Waals surface area contributed by atoms with Gasteiger partial charge in [0.1, 0.15) is 6.04 Å². The van der Waals surface area contributed by atoms with E-state index in [1.807, 2.05) is 42.5 Å². The van der Waals surface area contributed by atoms with Crippen molar-refractivity contribution < 1.29 is 19.5 Å². The van der Waals surface area contributed by atoms with Crippen LogP contribution in [0, 0.1) is 0 Å². The number of anilines is 2. The van der Waals surface area contributed by atoms with Crippen LogP contribution in [0.4, 0.5) is 11.4 Å². The smallest absolute Gasteiger partial charge is 0.299 e. The number of carbonyl (C=O) groups is 3. The number of aliphatic hydroxyl groups is 1. The average Bonchev–Trinajstić information content (AvgIpc) is 3.14. The lowest BCUT2D eigenvalue weighted by Gasteiger charge is -2.47. The van der Waals surface area contributed by atoms with E-state index in [-0.39, 0.29) is 30.7 Å². The van der Waals surface area contributed by atoms with Crippen molar-refractivity contribution in [3.05, 3.63) is 100 Å². The first kappa shape index (κ1) is 25.2. The molecule has 1 unspecified atom stereocenters.